The van der Waals surface area contributed by atoms with Crippen molar-refractivity contribution in [2.24, 2.45) is 0 Å². The number of aliphatic carboxylic acids is 1. The molecule has 1 aromatic carbocycles. The summed E-state index contributed by atoms with van der Waals surface area (Å²) in [6.45, 7) is 2.73. The van der Waals surface area contributed by atoms with E-state index in [9.17, 15) is 14.7 Å². The molecule has 1 aliphatic heterocycles. The number of benzene rings is 1. The molecule has 0 saturated carbocycles. The van der Waals surface area contributed by atoms with Crippen LogP contribution in [0.15, 0.2) is 24.3 Å². The topological polar surface area (TPSA) is 78.4 Å². The molecule has 0 saturated heterocycles. The van der Waals surface area contributed by atoms with E-state index in [2.05, 4.69) is 10.6 Å². The number of rotatable bonds is 6. The van der Waals surface area contributed by atoms with E-state index in [1.165, 1.54) is 0 Å². The van der Waals surface area contributed by atoms with Gasteiger partial charge in [0.2, 0.25) is 5.91 Å². The highest BCUT2D eigenvalue weighted by Gasteiger charge is 2.29. The van der Waals surface area contributed by atoms with Crippen LogP contribution in [0.5, 0.6) is 0 Å². The van der Waals surface area contributed by atoms with Crippen molar-refractivity contribution in [1.29, 1.82) is 0 Å². The lowest BCUT2D eigenvalue weighted by Crippen LogP contribution is -2.44. The average molecular weight is 290 g/mol. The molecule has 0 bridgehead atoms. The Bertz CT molecular complexity index is 516. The molecule has 0 aliphatic carbocycles. The number of anilines is 1. The maximum atomic E-state index is 12.4. The zero-order valence-corrected chi connectivity index (χ0v) is 12.3. The van der Waals surface area contributed by atoms with Crippen molar-refractivity contribution in [3.8, 4) is 0 Å². The van der Waals surface area contributed by atoms with Crippen LogP contribution in [0.4, 0.5) is 5.69 Å². The van der Waals surface area contributed by atoms with Crippen LogP contribution < -0.4 is 10.6 Å². The fourth-order valence-corrected chi connectivity index (χ4v) is 2.68. The Balaban J connectivity index is 2.08. The minimum Gasteiger partial charge on any atom is -0.480 e. The number of carbonyl (C=O) groups is 2. The summed E-state index contributed by atoms with van der Waals surface area (Å²) in [7, 11) is 0. The number of hydrogen-bond donors (Lipinski definition) is 3. The molecular formula is C16H22N2O3. The van der Waals surface area contributed by atoms with E-state index in [0.717, 1.165) is 30.6 Å². The molecule has 0 aromatic heterocycles. The number of carboxylic acid groups (broad SMARTS) is 1. The highest BCUT2D eigenvalue weighted by Crippen LogP contribution is 2.31. The van der Waals surface area contributed by atoms with Gasteiger partial charge in [-0.05, 0) is 24.5 Å². The van der Waals surface area contributed by atoms with Crippen molar-refractivity contribution in [2.45, 2.75) is 44.6 Å². The van der Waals surface area contributed by atoms with Gasteiger partial charge in [-0.15, -0.1) is 0 Å². The largest absolute Gasteiger partial charge is 0.480 e. The molecule has 0 radical (unpaired) electrons. The summed E-state index contributed by atoms with van der Waals surface area (Å²) in [5, 5.41) is 15.2. The van der Waals surface area contributed by atoms with Gasteiger partial charge in [-0.2, -0.15) is 0 Å². The first-order valence-corrected chi connectivity index (χ1v) is 7.49. The molecule has 3 N–H and O–H groups in total. The number of carbonyl (C=O) groups excluding carboxylic acids is 1. The normalized spacial score (nSPS) is 18.2. The minimum absolute atomic E-state index is 0.188. The predicted octanol–water partition coefficient (Wildman–Crippen LogP) is 2.35. The lowest BCUT2D eigenvalue weighted by Gasteiger charge is -2.27. The Labute approximate surface area is 124 Å². The Morgan fingerprint density at radius 1 is 1.43 bits per heavy atom. The second-order valence-corrected chi connectivity index (χ2v) is 5.40. The van der Waals surface area contributed by atoms with Gasteiger partial charge in [-0.1, -0.05) is 38.0 Å². The van der Waals surface area contributed by atoms with Gasteiger partial charge >= 0.3 is 5.97 Å². The fourth-order valence-electron chi connectivity index (χ4n) is 2.68. The number of amides is 1. The maximum absolute atomic E-state index is 12.4. The van der Waals surface area contributed by atoms with Gasteiger partial charge in [0.25, 0.3) is 0 Å². The SMILES string of the molecule is CCCC[C@H](NC(=O)C1CCNc2ccccc21)C(=O)O. The van der Waals surface area contributed by atoms with Crippen molar-refractivity contribution in [3.05, 3.63) is 29.8 Å². The van der Waals surface area contributed by atoms with E-state index in [1.54, 1.807) is 0 Å². The van der Waals surface area contributed by atoms with Crippen molar-refractivity contribution >= 4 is 17.6 Å². The van der Waals surface area contributed by atoms with Crippen LogP contribution >= 0.6 is 0 Å². The lowest BCUT2D eigenvalue weighted by molar-refractivity contribution is -0.142. The number of carboxylic acids is 1. The van der Waals surface area contributed by atoms with Crippen molar-refractivity contribution in [1.82, 2.24) is 5.32 Å². The van der Waals surface area contributed by atoms with Crippen LogP contribution in [0.25, 0.3) is 0 Å². The molecule has 1 aromatic rings. The molecule has 1 heterocycles. The van der Waals surface area contributed by atoms with E-state index in [0.29, 0.717) is 12.8 Å². The molecule has 5 nitrogen and oxygen atoms in total. The molecular weight excluding hydrogens is 268 g/mol. The highest BCUT2D eigenvalue weighted by molar-refractivity contribution is 5.89. The third-order valence-corrected chi connectivity index (χ3v) is 3.86. The summed E-state index contributed by atoms with van der Waals surface area (Å²) in [5.41, 5.74) is 1.91. The van der Waals surface area contributed by atoms with Gasteiger partial charge in [-0.3, -0.25) is 4.79 Å². The third kappa shape index (κ3) is 3.74. The predicted molar refractivity (Wildman–Crippen MR) is 81.4 cm³/mol. The molecule has 2 rings (SSSR count). The summed E-state index contributed by atoms with van der Waals surface area (Å²) in [4.78, 5) is 23.7. The molecule has 21 heavy (non-hydrogen) atoms. The number of para-hydroxylation sites is 1. The summed E-state index contributed by atoms with van der Waals surface area (Å²) in [5.74, 6) is -1.42. The lowest BCUT2D eigenvalue weighted by atomic mass is 9.90. The zero-order chi connectivity index (χ0) is 15.2. The van der Waals surface area contributed by atoms with E-state index in [4.69, 9.17) is 0 Å². The second kappa shape index (κ2) is 7.11. The number of nitrogens with one attached hydrogen (secondary N) is 2. The molecule has 2 atom stereocenters. The Morgan fingerprint density at radius 3 is 2.90 bits per heavy atom. The number of unbranched alkanes of at least 4 members (excludes halogenated alkanes) is 1. The molecule has 0 fully saturated rings. The van der Waals surface area contributed by atoms with Gasteiger partial charge in [0.1, 0.15) is 6.04 Å². The van der Waals surface area contributed by atoms with Crippen LogP contribution in [0.3, 0.4) is 0 Å². The minimum atomic E-state index is -0.959. The summed E-state index contributed by atoms with van der Waals surface area (Å²) >= 11 is 0. The van der Waals surface area contributed by atoms with Gasteiger partial charge in [-0.25, -0.2) is 4.79 Å². The standard InChI is InChI=1S/C16H22N2O3/c1-2-3-7-14(16(20)21)18-15(19)12-9-10-17-13-8-5-4-6-11(12)13/h4-6,8,12,14,17H,2-3,7,9-10H2,1H3,(H,18,19)(H,20,21)/t12?,14-/m0/s1. The molecule has 114 valence electrons. The first-order chi connectivity index (χ1) is 10.1. The van der Waals surface area contributed by atoms with Gasteiger partial charge in [0.05, 0.1) is 5.92 Å². The van der Waals surface area contributed by atoms with Crippen molar-refractivity contribution in [3.63, 3.8) is 0 Å². The molecule has 5 heteroatoms. The summed E-state index contributed by atoms with van der Waals surface area (Å²) in [6, 6.07) is 6.90. The van der Waals surface area contributed by atoms with Crippen LogP contribution in [0.1, 0.15) is 44.1 Å². The maximum Gasteiger partial charge on any atom is 0.326 e. The van der Waals surface area contributed by atoms with Gasteiger partial charge < -0.3 is 15.7 Å². The van der Waals surface area contributed by atoms with Gasteiger partial charge in [0.15, 0.2) is 0 Å². The average Bonchev–Trinajstić information content (AvgIpc) is 2.50. The molecule has 0 spiro atoms. The van der Waals surface area contributed by atoms with Crippen LogP contribution in [-0.2, 0) is 9.59 Å². The van der Waals surface area contributed by atoms with E-state index in [-0.39, 0.29) is 11.8 Å². The monoisotopic (exact) mass is 290 g/mol. The van der Waals surface area contributed by atoms with Crippen molar-refractivity contribution in [2.75, 3.05) is 11.9 Å². The van der Waals surface area contributed by atoms with Crippen LogP contribution in [-0.4, -0.2) is 29.6 Å². The molecule has 1 amide bonds. The van der Waals surface area contributed by atoms with Crippen LogP contribution in [0, 0.1) is 0 Å². The molecule has 1 aliphatic rings. The van der Waals surface area contributed by atoms with E-state index in [1.807, 2.05) is 31.2 Å². The smallest absolute Gasteiger partial charge is 0.326 e. The van der Waals surface area contributed by atoms with Crippen molar-refractivity contribution < 1.29 is 14.7 Å². The second-order valence-electron chi connectivity index (χ2n) is 5.40. The quantitative estimate of drug-likeness (QED) is 0.751. The Morgan fingerprint density at radius 2 is 2.19 bits per heavy atom. The number of fused-ring (bicyclic) bond motifs is 1. The van der Waals surface area contributed by atoms with E-state index < -0.39 is 12.0 Å². The summed E-state index contributed by atoms with van der Waals surface area (Å²) < 4.78 is 0. The first kappa shape index (κ1) is 15.4. The number of hydrogen-bond acceptors (Lipinski definition) is 3. The Hall–Kier alpha value is -2.04. The fraction of sp³-hybridized carbons (Fsp3) is 0.500. The Kier molecular flexibility index (Phi) is 5.20. The zero-order valence-electron chi connectivity index (χ0n) is 12.3. The van der Waals surface area contributed by atoms with Crippen LogP contribution in [0.2, 0.25) is 0 Å². The highest BCUT2D eigenvalue weighted by atomic mass is 16.4. The first-order valence-electron chi connectivity index (χ1n) is 7.49. The van der Waals surface area contributed by atoms with E-state index >= 15 is 0 Å². The summed E-state index contributed by atoms with van der Waals surface area (Å²) in [6.07, 6.45) is 2.86. The third-order valence-electron chi connectivity index (χ3n) is 3.86. The molecule has 1 unspecified atom stereocenters. The van der Waals surface area contributed by atoms with Gasteiger partial charge in [0, 0.05) is 12.2 Å².